The summed E-state index contributed by atoms with van der Waals surface area (Å²) in [6, 6.07) is 5.71. The number of nitrogens with zero attached hydrogens (tertiary/aromatic N) is 3. The molecule has 0 spiro atoms. The van der Waals surface area contributed by atoms with Crippen molar-refractivity contribution in [1.29, 1.82) is 0 Å². The highest BCUT2D eigenvalue weighted by molar-refractivity contribution is 14.0. The molecule has 1 unspecified atom stereocenters. The van der Waals surface area contributed by atoms with E-state index in [9.17, 15) is 13.2 Å². The van der Waals surface area contributed by atoms with Crippen LogP contribution in [0.15, 0.2) is 35.5 Å². The number of rotatable bonds is 8. The molecule has 1 aromatic heterocycles. The first-order valence-electron chi connectivity index (χ1n) is 10.8. The molecule has 1 saturated heterocycles. The van der Waals surface area contributed by atoms with E-state index in [-0.39, 0.29) is 30.0 Å². The second-order valence-electron chi connectivity index (χ2n) is 7.94. The largest absolute Gasteiger partial charge is 0.416 e. The summed E-state index contributed by atoms with van der Waals surface area (Å²) in [5, 5.41) is 13.8. The van der Waals surface area contributed by atoms with Crippen molar-refractivity contribution >= 4 is 29.9 Å². The van der Waals surface area contributed by atoms with Crippen molar-refractivity contribution in [2.24, 2.45) is 4.99 Å². The molecule has 1 atom stereocenters. The Hall–Kier alpha value is -1.82. The molecule has 1 aliphatic heterocycles. The smallest absolute Gasteiger partial charge is 0.357 e. The molecule has 0 saturated carbocycles. The second-order valence-corrected chi connectivity index (χ2v) is 7.94. The van der Waals surface area contributed by atoms with Crippen LogP contribution in [0.5, 0.6) is 0 Å². The minimum absolute atomic E-state index is 0. The van der Waals surface area contributed by atoms with Crippen LogP contribution in [0, 0.1) is 6.92 Å². The van der Waals surface area contributed by atoms with Gasteiger partial charge in [0.2, 0.25) is 0 Å². The quantitative estimate of drug-likeness (QED) is 0.196. The maximum absolute atomic E-state index is 12.7. The van der Waals surface area contributed by atoms with Crippen molar-refractivity contribution in [2.45, 2.75) is 51.9 Å². The van der Waals surface area contributed by atoms with Crippen LogP contribution in [-0.4, -0.2) is 53.3 Å². The molecule has 0 bridgehead atoms. The highest BCUT2D eigenvalue weighted by Gasteiger charge is 2.30. The molecular formula is C22H32F3IN6. The summed E-state index contributed by atoms with van der Waals surface area (Å²) in [7, 11) is 0. The number of nitrogens with one attached hydrogen (secondary N) is 3. The molecule has 178 valence electrons. The number of aromatic amines is 1. The molecule has 0 aliphatic carbocycles. The van der Waals surface area contributed by atoms with Gasteiger partial charge in [-0.2, -0.15) is 18.3 Å². The van der Waals surface area contributed by atoms with E-state index in [1.165, 1.54) is 5.56 Å². The Morgan fingerprint density at radius 1 is 1.28 bits per heavy atom. The molecule has 0 radical (unpaired) electrons. The normalized spacial score (nSPS) is 17.3. The number of aryl methyl sites for hydroxylation is 2. The molecule has 32 heavy (non-hydrogen) atoms. The van der Waals surface area contributed by atoms with E-state index in [2.05, 4.69) is 30.7 Å². The summed E-state index contributed by atoms with van der Waals surface area (Å²) in [6.45, 7) is 7.95. The van der Waals surface area contributed by atoms with Crippen LogP contribution in [0.25, 0.3) is 0 Å². The lowest BCUT2D eigenvalue weighted by molar-refractivity contribution is -0.137. The van der Waals surface area contributed by atoms with E-state index in [4.69, 9.17) is 0 Å². The highest BCUT2D eigenvalue weighted by Crippen LogP contribution is 2.29. The Bertz CT molecular complexity index is 850. The molecule has 1 aromatic carbocycles. The van der Waals surface area contributed by atoms with Gasteiger partial charge in [-0.15, -0.1) is 24.0 Å². The number of aromatic nitrogens is 2. The van der Waals surface area contributed by atoms with Crippen LogP contribution >= 0.6 is 24.0 Å². The summed E-state index contributed by atoms with van der Waals surface area (Å²) in [6.07, 6.45) is 0.434. The molecule has 10 heteroatoms. The van der Waals surface area contributed by atoms with Crippen LogP contribution in [0.4, 0.5) is 13.2 Å². The first-order chi connectivity index (χ1) is 14.8. The van der Waals surface area contributed by atoms with Gasteiger partial charge in [-0.25, -0.2) is 0 Å². The van der Waals surface area contributed by atoms with E-state index in [0.29, 0.717) is 6.54 Å². The summed E-state index contributed by atoms with van der Waals surface area (Å²) < 4.78 is 38.2. The Morgan fingerprint density at radius 3 is 2.66 bits per heavy atom. The third kappa shape index (κ3) is 7.95. The van der Waals surface area contributed by atoms with Gasteiger partial charge in [0, 0.05) is 44.5 Å². The van der Waals surface area contributed by atoms with E-state index in [0.717, 1.165) is 74.8 Å². The molecule has 1 fully saturated rings. The predicted octanol–water partition coefficient (Wildman–Crippen LogP) is 4.12. The molecule has 2 heterocycles. The van der Waals surface area contributed by atoms with E-state index >= 15 is 0 Å². The highest BCUT2D eigenvalue weighted by atomic mass is 127. The fourth-order valence-corrected chi connectivity index (χ4v) is 3.75. The predicted molar refractivity (Wildman–Crippen MR) is 131 cm³/mol. The van der Waals surface area contributed by atoms with Crippen molar-refractivity contribution in [3.63, 3.8) is 0 Å². The molecule has 3 rings (SSSR count). The van der Waals surface area contributed by atoms with Crippen LogP contribution in [0.3, 0.4) is 0 Å². The zero-order valence-electron chi connectivity index (χ0n) is 18.5. The number of H-pyrrole nitrogens is 1. The average molecular weight is 564 g/mol. The van der Waals surface area contributed by atoms with Gasteiger partial charge in [0.15, 0.2) is 5.96 Å². The number of hydrogen-bond donors (Lipinski definition) is 3. The monoisotopic (exact) mass is 564 g/mol. The summed E-state index contributed by atoms with van der Waals surface area (Å²) in [5.74, 6) is 0.813. The fourth-order valence-electron chi connectivity index (χ4n) is 3.75. The molecule has 0 amide bonds. The van der Waals surface area contributed by atoms with Gasteiger partial charge >= 0.3 is 6.18 Å². The molecule has 6 nitrogen and oxygen atoms in total. The maximum Gasteiger partial charge on any atom is 0.416 e. The SMILES string of the molecule is CCNC(=NCCCc1cn[nH]c1C)NC1CCN(Cc2ccc(C(F)(F)F)cc2)C1.I. The number of guanidine groups is 1. The lowest BCUT2D eigenvalue weighted by Gasteiger charge is -2.19. The Morgan fingerprint density at radius 2 is 2.03 bits per heavy atom. The van der Waals surface area contributed by atoms with E-state index in [1.807, 2.05) is 20.0 Å². The second kappa shape index (κ2) is 12.4. The van der Waals surface area contributed by atoms with Gasteiger partial charge in [0.05, 0.1) is 11.8 Å². The van der Waals surface area contributed by atoms with Crippen LogP contribution < -0.4 is 10.6 Å². The lowest BCUT2D eigenvalue weighted by Crippen LogP contribution is -2.44. The van der Waals surface area contributed by atoms with Crippen molar-refractivity contribution in [2.75, 3.05) is 26.2 Å². The maximum atomic E-state index is 12.7. The third-order valence-electron chi connectivity index (χ3n) is 5.45. The van der Waals surface area contributed by atoms with Crippen LogP contribution in [0.2, 0.25) is 0 Å². The van der Waals surface area contributed by atoms with Gasteiger partial charge in [-0.05, 0) is 56.4 Å². The molecule has 2 aromatic rings. The standard InChI is InChI=1S/C22H31F3N6.HI/c1-3-26-21(27-11-4-5-18-13-28-30-16(18)2)29-20-10-12-31(15-20)14-17-6-8-19(9-7-17)22(23,24)25;/h6-9,13,20H,3-5,10-12,14-15H2,1-2H3,(H,28,30)(H2,26,27,29);1H. The first-order valence-corrected chi connectivity index (χ1v) is 10.8. The Balaban J connectivity index is 0.00000363. The van der Waals surface area contributed by atoms with Crippen LogP contribution in [0.1, 0.15) is 42.1 Å². The number of likely N-dealkylation sites (tertiary alicyclic amines) is 1. The Labute approximate surface area is 204 Å². The zero-order chi connectivity index (χ0) is 22.3. The summed E-state index contributed by atoms with van der Waals surface area (Å²) in [4.78, 5) is 6.94. The van der Waals surface area contributed by atoms with Gasteiger partial charge in [-0.1, -0.05) is 12.1 Å². The van der Waals surface area contributed by atoms with E-state index < -0.39 is 11.7 Å². The summed E-state index contributed by atoms with van der Waals surface area (Å²) >= 11 is 0. The lowest BCUT2D eigenvalue weighted by atomic mass is 10.1. The molecular weight excluding hydrogens is 532 g/mol. The fraction of sp³-hybridized carbons (Fsp3) is 0.545. The van der Waals surface area contributed by atoms with Crippen molar-refractivity contribution in [3.05, 3.63) is 52.8 Å². The number of benzene rings is 1. The molecule has 1 aliphatic rings. The van der Waals surface area contributed by atoms with Gasteiger partial charge in [-0.3, -0.25) is 15.0 Å². The Kier molecular flexibility index (Phi) is 10.3. The first kappa shape index (κ1) is 26.4. The van der Waals surface area contributed by atoms with Crippen molar-refractivity contribution in [3.8, 4) is 0 Å². The topological polar surface area (TPSA) is 68.3 Å². The third-order valence-corrected chi connectivity index (χ3v) is 5.45. The summed E-state index contributed by atoms with van der Waals surface area (Å²) in [5.41, 5.74) is 2.62. The number of hydrogen-bond acceptors (Lipinski definition) is 3. The minimum Gasteiger partial charge on any atom is -0.357 e. The van der Waals surface area contributed by atoms with Gasteiger partial charge in [0.1, 0.15) is 0 Å². The number of halogens is 4. The van der Waals surface area contributed by atoms with Gasteiger partial charge in [0.25, 0.3) is 0 Å². The van der Waals surface area contributed by atoms with E-state index in [1.54, 1.807) is 12.1 Å². The van der Waals surface area contributed by atoms with Crippen molar-refractivity contribution < 1.29 is 13.2 Å². The van der Waals surface area contributed by atoms with Crippen molar-refractivity contribution in [1.82, 2.24) is 25.7 Å². The minimum atomic E-state index is -4.29. The average Bonchev–Trinajstić information content (AvgIpc) is 3.33. The zero-order valence-corrected chi connectivity index (χ0v) is 20.8. The number of alkyl halides is 3. The number of aliphatic imine (C=N–C) groups is 1. The van der Waals surface area contributed by atoms with Crippen LogP contribution in [-0.2, 0) is 19.1 Å². The van der Waals surface area contributed by atoms with Gasteiger partial charge < -0.3 is 10.6 Å². The molecule has 3 N–H and O–H groups in total.